The van der Waals surface area contributed by atoms with Gasteiger partial charge in [-0.1, -0.05) is 12.8 Å². The monoisotopic (exact) mass is 278 g/mol. The SMILES string of the molecule is CC(C)N(C)S(=O)(=O)N(CC(=O)O)C1CCCC1. The van der Waals surface area contributed by atoms with Crippen molar-refractivity contribution in [3.63, 3.8) is 0 Å². The van der Waals surface area contributed by atoms with Gasteiger partial charge in [-0.15, -0.1) is 0 Å². The first kappa shape index (κ1) is 15.4. The van der Waals surface area contributed by atoms with Crippen LogP contribution in [0.3, 0.4) is 0 Å². The van der Waals surface area contributed by atoms with Gasteiger partial charge in [0, 0.05) is 19.1 Å². The van der Waals surface area contributed by atoms with Gasteiger partial charge in [0.15, 0.2) is 0 Å². The van der Waals surface area contributed by atoms with Gasteiger partial charge >= 0.3 is 5.97 Å². The van der Waals surface area contributed by atoms with Crippen molar-refractivity contribution in [3.8, 4) is 0 Å². The van der Waals surface area contributed by atoms with E-state index in [1.54, 1.807) is 13.8 Å². The molecule has 0 radical (unpaired) electrons. The fourth-order valence-corrected chi connectivity index (χ4v) is 3.88. The highest BCUT2D eigenvalue weighted by molar-refractivity contribution is 7.86. The first-order valence-electron chi connectivity index (χ1n) is 6.23. The van der Waals surface area contributed by atoms with E-state index in [-0.39, 0.29) is 12.1 Å². The van der Waals surface area contributed by atoms with Crippen LogP contribution in [0.4, 0.5) is 0 Å². The maximum atomic E-state index is 12.4. The second kappa shape index (κ2) is 5.99. The number of nitrogens with zero attached hydrogens (tertiary/aromatic N) is 2. The van der Waals surface area contributed by atoms with E-state index in [1.807, 2.05) is 0 Å². The van der Waals surface area contributed by atoms with Crippen LogP contribution in [0.2, 0.25) is 0 Å². The lowest BCUT2D eigenvalue weighted by Crippen LogP contribution is -2.50. The van der Waals surface area contributed by atoms with Gasteiger partial charge in [-0.25, -0.2) is 0 Å². The number of hydrogen-bond donors (Lipinski definition) is 1. The maximum absolute atomic E-state index is 12.4. The summed E-state index contributed by atoms with van der Waals surface area (Å²) in [7, 11) is -2.20. The van der Waals surface area contributed by atoms with E-state index in [1.165, 1.54) is 11.4 Å². The zero-order valence-electron chi connectivity index (χ0n) is 11.2. The summed E-state index contributed by atoms with van der Waals surface area (Å²) in [5, 5.41) is 8.90. The molecule has 6 nitrogen and oxygen atoms in total. The van der Waals surface area contributed by atoms with E-state index >= 15 is 0 Å². The lowest BCUT2D eigenvalue weighted by Gasteiger charge is -2.32. The molecule has 1 N–H and O–H groups in total. The highest BCUT2D eigenvalue weighted by Crippen LogP contribution is 2.26. The van der Waals surface area contributed by atoms with Crippen molar-refractivity contribution in [2.75, 3.05) is 13.6 Å². The van der Waals surface area contributed by atoms with E-state index in [9.17, 15) is 13.2 Å². The molecular formula is C11H22N2O4S. The normalized spacial score (nSPS) is 18.1. The van der Waals surface area contributed by atoms with Gasteiger partial charge in [0.05, 0.1) is 0 Å². The Morgan fingerprint density at radius 1 is 1.33 bits per heavy atom. The Balaban J connectivity index is 2.97. The molecule has 0 aromatic rings. The zero-order chi connectivity index (χ0) is 13.9. The molecule has 0 aromatic heterocycles. The average Bonchev–Trinajstić information content (AvgIpc) is 2.77. The van der Waals surface area contributed by atoms with Crippen molar-refractivity contribution in [3.05, 3.63) is 0 Å². The molecule has 1 fully saturated rings. The Kier molecular flexibility index (Phi) is 5.12. The van der Waals surface area contributed by atoms with Gasteiger partial charge in [-0.3, -0.25) is 4.79 Å². The minimum atomic E-state index is -3.69. The average molecular weight is 278 g/mol. The van der Waals surface area contributed by atoms with Gasteiger partial charge < -0.3 is 5.11 Å². The third kappa shape index (κ3) is 3.43. The summed E-state index contributed by atoms with van der Waals surface area (Å²) >= 11 is 0. The standard InChI is InChI=1S/C11H22N2O4S/c1-9(2)12(3)18(16,17)13(8-11(14)15)10-6-4-5-7-10/h9-10H,4-8H2,1-3H3,(H,14,15). The van der Waals surface area contributed by atoms with Gasteiger partial charge in [0.1, 0.15) is 6.54 Å². The first-order valence-corrected chi connectivity index (χ1v) is 7.63. The summed E-state index contributed by atoms with van der Waals surface area (Å²) in [4.78, 5) is 10.9. The van der Waals surface area contributed by atoms with Crippen LogP contribution < -0.4 is 0 Å². The summed E-state index contributed by atoms with van der Waals surface area (Å²) in [6, 6.07) is -0.361. The maximum Gasteiger partial charge on any atom is 0.318 e. The van der Waals surface area contributed by atoms with Crippen molar-refractivity contribution < 1.29 is 18.3 Å². The fourth-order valence-electron chi connectivity index (χ4n) is 2.16. The molecule has 1 aliphatic carbocycles. The summed E-state index contributed by atoms with van der Waals surface area (Å²) in [6.45, 7) is 3.08. The lowest BCUT2D eigenvalue weighted by atomic mass is 10.2. The predicted octanol–water partition coefficient (Wildman–Crippen LogP) is 0.901. The summed E-state index contributed by atoms with van der Waals surface area (Å²) in [6.07, 6.45) is 3.42. The van der Waals surface area contributed by atoms with E-state index < -0.39 is 22.7 Å². The van der Waals surface area contributed by atoms with Crippen LogP contribution in [0.1, 0.15) is 39.5 Å². The van der Waals surface area contributed by atoms with E-state index in [0.717, 1.165) is 30.0 Å². The number of carboxylic acids is 1. The molecule has 1 aliphatic rings. The lowest BCUT2D eigenvalue weighted by molar-refractivity contribution is -0.137. The zero-order valence-corrected chi connectivity index (χ0v) is 12.0. The molecule has 1 saturated carbocycles. The number of hydrogen-bond acceptors (Lipinski definition) is 3. The van der Waals surface area contributed by atoms with Crippen LogP contribution in [0, 0.1) is 0 Å². The Labute approximate surface area is 109 Å². The van der Waals surface area contributed by atoms with Crippen LogP contribution in [0.25, 0.3) is 0 Å². The topological polar surface area (TPSA) is 77.9 Å². The van der Waals surface area contributed by atoms with E-state index in [0.29, 0.717) is 0 Å². The Hall–Kier alpha value is -0.660. The molecular weight excluding hydrogens is 256 g/mol. The quantitative estimate of drug-likeness (QED) is 0.783. The third-order valence-corrected chi connectivity index (χ3v) is 5.58. The largest absolute Gasteiger partial charge is 0.480 e. The molecule has 7 heteroatoms. The van der Waals surface area contributed by atoms with Crippen LogP contribution in [-0.2, 0) is 15.0 Å². The molecule has 0 unspecified atom stereocenters. The molecule has 0 spiro atoms. The summed E-state index contributed by atoms with van der Waals surface area (Å²) in [5.74, 6) is -1.11. The second-order valence-corrected chi connectivity index (χ2v) is 6.94. The summed E-state index contributed by atoms with van der Waals surface area (Å²) < 4.78 is 27.1. The Morgan fingerprint density at radius 3 is 2.22 bits per heavy atom. The van der Waals surface area contributed by atoms with Crippen molar-refractivity contribution in [2.45, 2.75) is 51.6 Å². The minimum Gasteiger partial charge on any atom is -0.480 e. The molecule has 0 amide bonds. The molecule has 1 rings (SSSR count). The first-order chi connectivity index (χ1) is 8.26. The Morgan fingerprint density at radius 2 is 1.83 bits per heavy atom. The van der Waals surface area contributed by atoms with Crippen LogP contribution in [0.15, 0.2) is 0 Å². The van der Waals surface area contributed by atoms with Crippen molar-refractivity contribution >= 4 is 16.2 Å². The molecule has 0 bridgehead atoms. The molecule has 106 valence electrons. The number of carbonyl (C=O) groups is 1. The second-order valence-electron chi connectivity index (χ2n) is 4.99. The third-order valence-electron chi connectivity index (χ3n) is 3.41. The number of carboxylic acid groups (broad SMARTS) is 1. The minimum absolute atomic E-state index is 0.174. The fraction of sp³-hybridized carbons (Fsp3) is 0.909. The van der Waals surface area contributed by atoms with Crippen LogP contribution in [0.5, 0.6) is 0 Å². The Bertz CT molecular complexity index is 388. The van der Waals surface area contributed by atoms with Gasteiger partial charge in [0.2, 0.25) is 0 Å². The number of aliphatic carboxylic acids is 1. The van der Waals surface area contributed by atoms with Crippen molar-refractivity contribution in [1.82, 2.24) is 8.61 Å². The molecule has 0 saturated heterocycles. The molecule has 0 atom stereocenters. The van der Waals surface area contributed by atoms with Crippen LogP contribution in [-0.4, -0.2) is 53.8 Å². The van der Waals surface area contributed by atoms with Crippen molar-refractivity contribution in [1.29, 1.82) is 0 Å². The highest BCUT2D eigenvalue weighted by Gasteiger charge is 2.36. The van der Waals surface area contributed by atoms with E-state index in [4.69, 9.17) is 5.11 Å². The molecule has 0 aliphatic heterocycles. The van der Waals surface area contributed by atoms with E-state index in [2.05, 4.69) is 0 Å². The molecule has 18 heavy (non-hydrogen) atoms. The molecule has 0 aromatic carbocycles. The van der Waals surface area contributed by atoms with Crippen LogP contribution >= 0.6 is 0 Å². The highest BCUT2D eigenvalue weighted by atomic mass is 32.2. The van der Waals surface area contributed by atoms with Crippen molar-refractivity contribution in [2.24, 2.45) is 0 Å². The van der Waals surface area contributed by atoms with Gasteiger partial charge in [0.25, 0.3) is 10.2 Å². The summed E-state index contributed by atoms with van der Waals surface area (Å²) in [5.41, 5.74) is 0. The number of rotatable bonds is 6. The van der Waals surface area contributed by atoms with Gasteiger partial charge in [-0.2, -0.15) is 17.0 Å². The predicted molar refractivity (Wildman–Crippen MR) is 68.4 cm³/mol. The van der Waals surface area contributed by atoms with Gasteiger partial charge in [-0.05, 0) is 26.7 Å². The smallest absolute Gasteiger partial charge is 0.318 e. The molecule has 0 heterocycles.